The van der Waals surface area contributed by atoms with Crippen LogP contribution in [0.25, 0.3) is 11.6 Å². The van der Waals surface area contributed by atoms with Gasteiger partial charge in [-0.3, -0.25) is 4.98 Å². The number of aromatic nitrogens is 1. The Morgan fingerprint density at radius 2 is 1.43 bits per heavy atom. The third-order valence-electron chi connectivity index (χ3n) is 3.36. The van der Waals surface area contributed by atoms with Crippen molar-refractivity contribution in [2.75, 3.05) is 0 Å². The Balaban J connectivity index is 2.14. The summed E-state index contributed by atoms with van der Waals surface area (Å²) in [6.45, 7) is 2.02. The SMILES string of the molecule is Cc1cccc(/C(=C/c2ccccc2)c2ccccc2)n1. The van der Waals surface area contributed by atoms with Crippen LogP contribution in [-0.4, -0.2) is 4.98 Å². The van der Waals surface area contributed by atoms with E-state index in [1.807, 2.05) is 25.1 Å². The van der Waals surface area contributed by atoms with E-state index in [0.717, 1.165) is 17.0 Å². The molecule has 0 saturated heterocycles. The quantitative estimate of drug-likeness (QED) is 0.612. The number of pyridine rings is 1. The van der Waals surface area contributed by atoms with E-state index in [1.165, 1.54) is 11.1 Å². The van der Waals surface area contributed by atoms with E-state index in [-0.39, 0.29) is 0 Å². The van der Waals surface area contributed by atoms with Gasteiger partial charge in [0.15, 0.2) is 0 Å². The predicted molar refractivity (Wildman–Crippen MR) is 88.8 cm³/mol. The minimum absolute atomic E-state index is 1.00. The summed E-state index contributed by atoms with van der Waals surface area (Å²) < 4.78 is 0. The average molecular weight is 271 g/mol. The molecule has 21 heavy (non-hydrogen) atoms. The molecule has 1 heteroatoms. The number of aryl methyl sites for hydroxylation is 1. The largest absolute Gasteiger partial charge is 0.253 e. The highest BCUT2D eigenvalue weighted by atomic mass is 14.7. The van der Waals surface area contributed by atoms with Crippen LogP contribution in [0.15, 0.2) is 78.9 Å². The van der Waals surface area contributed by atoms with Crippen molar-refractivity contribution in [2.24, 2.45) is 0 Å². The fraction of sp³-hybridized carbons (Fsp3) is 0.0500. The number of benzene rings is 2. The first kappa shape index (κ1) is 13.3. The van der Waals surface area contributed by atoms with Gasteiger partial charge < -0.3 is 0 Å². The van der Waals surface area contributed by atoms with Crippen molar-refractivity contribution < 1.29 is 0 Å². The summed E-state index contributed by atoms with van der Waals surface area (Å²) in [5.74, 6) is 0. The summed E-state index contributed by atoms with van der Waals surface area (Å²) in [4.78, 5) is 4.68. The number of hydrogen-bond acceptors (Lipinski definition) is 1. The molecule has 3 aromatic rings. The molecule has 1 nitrogen and oxygen atoms in total. The third-order valence-corrected chi connectivity index (χ3v) is 3.36. The van der Waals surface area contributed by atoms with Crippen LogP contribution in [0.4, 0.5) is 0 Å². The minimum atomic E-state index is 1.00. The highest BCUT2D eigenvalue weighted by Gasteiger charge is 2.06. The predicted octanol–water partition coefficient (Wildman–Crippen LogP) is 4.98. The summed E-state index contributed by atoms with van der Waals surface area (Å²) in [5, 5.41) is 0. The second-order valence-electron chi connectivity index (χ2n) is 5.00. The highest BCUT2D eigenvalue weighted by molar-refractivity contribution is 5.90. The van der Waals surface area contributed by atoms with Crippen LogP contribution in [-0.2, 0) is 0 Å². The Morgan fingerprint density at radius 3 is 2.10 bits per heavy atom. The van der Waals surface area contributed by atoms with Gasteiger partial charge in [-0.1, -0.05) is 66.7 Å². The Bertz CT molecular complexity index is 743. The third kappa shape index (κ3) is 3.26. The van der Waals surface area contributed by atoms with Gasteiger partial charge in [-0.05, 0) is 36.3 Å². The first-order chi connectivity index (χ1) is 10.3. The molecule has 102 valence electrons. The summed E-state index contributed by atoms with van der Waals surface area (Å²) in [6.07, 6.45) is 2.19. The van der Waals surface area contributed by atoms with Gasteiger partial charge in [0, 0.05) is 11.3 Å². The van der Waals surface area contributed by atoms with Gasteiger partial charge in [-0.15, -0.1) is 0 Å². The summed E-state index contributed by atoms with van der Waals surface area (Å²) in [6, 6.07) is 26.9. The van der Waals surface area contributed by atoms with Gasteiger partial charge in [0.25, 0.3) is 0 Å². The van der Waals surface area contributed by atoms with Gasteiger partial charge in [0.2, 0.25) is 0 Å². The van der Waals surface area contributed by atoms with Crippen molar-refractivity contribution in [2.45, 2.75) is 6.92 Å². The van der Waals surface area contributed by atoms with E-state index >= 15 is 0 Å². The first-order valence-electron chi connectivity index (χ1n) is 7.09. The molecule has 0 N–H and O–H groups in total. The fourth-order valence-corrected chi connectivity index (χ4v) is 2.33. The highest BCUT2D eigenvalue weighted by Crippen LogP contribution is 2.24. The molecule has 0 spiro atoms. The van der Waals surface area contributed by atoms with Crippen LogP contribution < -0.4 is 0 Å². The van der Waals surface area contributed by atoms with Crippen molar-refractivity contribution in [1.29, 1.82) is 0 Å². The maximum atomic E-state index is 4.68. The summed E-state index contributed by atoms with van der Waals surface area (Å²) in [7, 11) is 0. The zero-order chi connectivity index (χ0) is 14.5. The smallest absolute Gasteiger partial charge is 0.0711 e. The first-order valence-corrected chi connectivity index (χ1v) is 7.09. The molecule has 0 bridgehead atoms. The maximum Gasteiger partial charge on any atom is 0.0711 e. The van der Waals surface area contributed by atoms with E-state index in [9.17, 15) is 0 Å². The number of nitrogens with zero attached hydrogens (tertiary/aromatic N) is 1. The molecule has 0 amide bonds. The molecular formula is C20H17N. The van der Waals surface area contributed by atoms with Crippen LogP contribution >= 0.6 is 0 Å². The van der Waals surface area contributed by atoms with E-state index in [0.29, 0.717) is 0 Å². The lowest BCUT2D eigenvalue weighted by Gasteiger charge is -2.09. The second-order valence-corrected chi connectivity index (χ2v) is 5.00. The number of rotatable bonds is 3. The van der Waals surface area contributed by atoms with Gasteiger partial charge in [-0.25, -0.2) is 0 Å². The Labute approximate surface area is 125 Å². The standard InChI is InChI=1S/C20H17N/c1-16-9-8-14-20(21-16)19(18-12-6-3-7-13-18)15-17-10-4-2-5-11-17/h2-15H,1H3/b19-15+. The lowest BCUT2D eigenvalue weighted by atomic mass is 9.99. The Kier molecular flexibility index (Phi) is 3.92. The molecule has 0 unspecified atom stereocenters. The Hall–Kier alpha value is -2.67. The van der Waals surface area contributed by atoms with E-state index in [2.05, 4.69) is 71.7 Å². The van der Waals surface area contributed by atoms with Crippen molar-refractivity contribution in [3.63, 3.8) is 0 Å². The van der Waals surface area contributed by atoms with Crippen LogP contribution in [0.5, 0.6) is 0 Å². The van der Waals surface area contributed by atoms with Gasteiger partial charge >= 0.3 is 0 Å². The van der Waals surface area contributed by atoms with Crippen molar-refractivity contribution in [1.82, 2.24) is 4.98 Å². The molecule has 1 aromatic heterocycles. The minimum Gasteiger partial charge on any atom is -0.253 e. The second kappa shape index (κ2) is 6.19. The monoisotopic (exact) mass is 271 g/mol. The molecule has 0 radical (unpaired) electrons. The van der Waals surface area contributed by atoms with Crippen molar-refractivity contribution >= 4 is 11.6 Å². The van der Waals surface area contributed by atoms with Crippen LogP contribution in [0.1, 0.15) is 22.5 Å². The lowest BCUT2D eigenvalue weighted by molar-refractivity contribution is 1.17. The van der Waals surface area contributed by atoms with Gasteiger partial charge in [0.05, 0.1) is 5.69 Å². The lowest BCUT2D eigenvalue weighted by Crippen LogP contribution is -1.93. The fourth-order valence-electron chi connectivity index (χ4n) is 2.33. The number of hydrogen-bond donors (Lipinski definition) is 0. The summed E-state index contributed by atoms with van der Waals surface area (Å²) in [5.41, 5.74) is 5.54. The van der Waals surface area contributed by atoms with Gasteiger partial charge in [-0.2, -0.15) is 0 Å². The van der Waals surface area contributed by atoms with Gasteiger partial charge in [0.1, 0.15) is 0 Å². The summed E-state index contributed by atoms with van der Waals surface area (Å²) >= 11 is 0. The maximum absolute atomic E-state index is 4.68. The van der Waals surface area contributed by atoms with E-state index < -0.39 is 0 Å². The molecule has 1 heterocycles. The molecule has 0 saturated carbocycles. The van der Waals surface area contributed by atoms with Crippen molar-refractivity contribution in [3.05, 3.63) is 101 Å². The molecule has 0 fully saturated rings. The molecule has 0 atom stereocenters. The molecule has 0 aliphatic rings. The zero-order valence-electron chi connectivity index (χ0n) is 12.0. The van der Waals surface area contributed by atoms with E-state index in [4.69, 9.17) is 0 Å². The van der Waals surface area contributed by atoms with E-state index in [1.54, 1.807) is 0 Å². The molecule has 0 aliphatic heterocycles. The molecule has 2 aromatic carbocycles. The van der Waals surface area contributed by atoms with Crippen LogP contribution in [0, 0.1) is 6.92 Å². The van der Waals surface area contributed by atoms with Crippen molar-refractivity contribution in [3.8, 4) is 0 Å². The van der Waals surface area contributed by atoms with Crippen LogP contribution in [0.2, 0.25) is 0 Å². The van der Waals surface area contributed by atoms with Crippen LogP contribution in [0.3, 0.4) is 0 Å². The Morgan fingerprint density at radius 1 is 0.762 bits per heavy atom. The molecular weight excluding hydrogens is 254 g/mol. The average Bonchev–Trinajstić information content (AvgIpc) is 2.54. The normalized spacial score (nSPS) is 11.4. The molecule has 0 aliphatic carbocycles. The molecule has 3 rings (SSSR count). The topological polar surface area (TPSA) is 12.9 Å². The zero-order valence-corrected chi connectivity index (χ0v) is 12.0.